The number of anilines is 1. The van der Waals surface area contributed by atoms with E-state index in [-0.39, 0.29) is 17.9 Å². The van der Waals surface area contributed by atoms with E-state index < -0.39 is 0 Å². The number of rotatable bonds is 2. The minimum absolute atomic E-state index is 0.221. The minimum atomic E-state index is -0.221. The number of hydrogen-bond acceptors (Lipinski definition) is 3. The van der Waals surface area contributed by atoms with Crippen LogP contribution in [-0.4, -0.2) is 4.98 Å². The van der Waals surface area contributed by atoms with Crippen molar-refractivity contribution in [2.75, 3.05) is 4.90 Å². The molecule has 0 fully saturated rings. The topological polar surface area (TPSA) is 16.1 Å². The molecule has 0 radical (unpaired) electrons. The summed E-state index contributed by atoms with van der Waals surface area (Å²) >= 11 is 1.67. The van der Waals surface area contributed by atoms with Crippen LogP contribution in [0.15, 0.2) is 78.9 Å². The summed E-state index contributed by atoms with van der Waals surface area (Å²) in [5.74, 6) is -0.221. The van der Waals surface area contributed by atoms with Crippen LogP contribution in [0.5, 0.6) is 0 Å². The molecule has 2 unspecified atom stereocenters. The van der Waals surface area contributed by atoms with Crippen LogP contribution in [-0.2, 0) is 0 Å². The van der Waals surface area contributed by atoms with Gasteiger partial charge in [-0.1, -0.05) is 36.4 Å². The Bertz CT molecular complexity index is 1190. The molecule has 6 rings (SSSR count). The molecule has 2 nitrogen and oxygen atoms in total. The van der Waals surface area contributed by atoms with Gasteiger partial charge in [-0.15, -0.1) is 11.3 Å². The van der Waals surface area contributed by atoms with Crippen LogP contribution in [0.25, 0.3) is 20.8 Å². The van der Waals surface area contributed by atoms with Gasteiger partial charge in [-0.2, -0.15) is 0 Å². The first-order valence-corrected chi connectivity index (χ1v) is 9.82. The van der Waals surface area contributed by atoms with Gasteiger partial charge in [0.1, 0.15) is 10.8 Å². The lowest BCUT2D eigenvalue weighted by Crippen LogP contribution is -2.19. The van der Waals surface area contributed by atoms with Gasteiger partial charge in [0, 0.05) is 16.8 Å². The van der Waals surface area contributed by atoms with Gasteiger partial charge in [0.15, 0.2) is 0 Å². The molecule has 27 heavy (non-hydrogen) atoms. The van der Waals surface area contributed by atoms with Crippen molar-refractivity contribution in [3.63, 3.8) is 0 Å². The van der Waals surface area contributed by atoms with Crippen LogP contribution in [0.1, 0.15) is 23.2 Å². The van der Waals surface area contributed by atoms with Crippen molar-refractivity contribution in [1.82, 2.24) is 4.98 Å². The summed E-state index contributed by atoms with van der Waals surface area (Å²) in [5, 5.41) is 0.941. The second kappa shape index (κ2) is 5.51. The number of hydrogen-bond donors (Lipinski definition) is 0. The lowest BCUT2D eigenvalue weighted by atomic mass is 9.96. The molecule has 2 atom stereocenters. The average Bonchev–Trinajstić information content (AvgIpc) is 3.40. The highest BCUT2D eigenvalue weighted by molar-refractivity contribution is 7.21. The van der Waals surface area contributed by atoms with E-state index in [1.54, 1.807) is 23.5 Å². The van der Waals surface area contributed by atoms with E-state index in [2.05, 4.69) is 59.5 Å². The van der Waals surface area contributed by atoms with E-state index in [4.69, 9.17) is 4.98 Å². The van der Waals surface area contributed by atoms with Gasteiger partial charge < -0.3 is 4.90 Å². The second-order valence-corrected chi connectivity index (χ2v) is 7.99. The lowest BCUT2D eigenvalue weighted by Gasteiger charge is -2.25. The van der Waals surface area contributed by atoms with Gasteiger partial charge in [0.25, 0.3) is 0 Å². The number of halogens is 1. The molecule has 0 aliphatic carbocycles. The van der Waals surface area contributed by atoms with Gasteiger partial charge in [-0.05, 0) is 48.0 Å². The largest absolute Gasteiger partial charge is 0.350 e. The van der Waals surface area contributed by atoms with Gasteiger partial charge in [0.2, 0.25) is 0 Å². The summed E-state index contributed by atoms with van der Waals surface area (Å²) < 4.78 is 14.4. The maximum atomic E-state index is 13.3. The number of thiazole rings is 1. The normalized spacial score (nSPS) is 19.8. The first-order valence-electron chi connectivity index (χ1n) is 9.00. The number of fused-ring (bicyclic) bond motifs is 7. The van der Waals surface area contributed by atoms with Crippen molar-refractivity contribution in [3.05, 3.63) is 95.8 Å². The number of aromatic nitrogens is 1. The molecule has 3 heterocycles. The van der Waals surface area contributed by atoms with E-state index >= 15 is 0 Å². The molecular formula is C23H15FN2S. The van der Waals surface area contributed by atoms with Gasteiger partial charge in [-0.3, -0.25) is 0 Å². The summed E-state index contributed by atoms with van der Waals surface area (Å²) in [6, 6.07) is 22.1. The Labute approximate surface area is 160 Å². The fraction of sp³-hybridized carbons (Fsp3) is 0.0870. The van der Waals surface area contributed by atoms with Crippen molar-refractivity contribution in [2.45, 2.75) is 12.1 Å². The molecule has 0 saturated carbocycles. The Kier molecular flexibility index (Phi) is 3.08. The van der Waals surface area contributed by atoms with Crippen molar-refractivity contribution in [2.24, 2.45) is 0 Å². The highest BCUT2D eigenvalue weighted by atomic mass is 32.1. The van der Waals surface area contributed by atoms with E-state index in [0.717, 1.165) is 16.1 Å². The lowest BCUT2D eigenvalue weighted by molar-refractivity contribution is 0.628. The molecule has 0 spiro atoms. The van der Waals surface area contributed by atoms with Gasteiger partial charge in [0.05, 0.1) is 22.3 Å². The summed E-state index contributed by atoms with van der Waals surface area (Å²) in [7, 11) is 0. The first kappa shape index (κ1) is 15.1. The van der Waals surface area contributed by atoms with Crippen LogP contribution < -0.4 is 4.90 Å². The third-order valence-corrected chi connectivity index (χ3v) is 6.54. The van der Waals surface area contributed by atoms with Gasteiger partial charge >= 0.3 is 0 Å². The first-order chi connectivity index (χ1) is 13.3. The summed E-state index contributed by atoms with van der Waals surface area (Å²) in [6.45, 7) is 0. The molecule has 2 aliphatic rings. The van der Waals surface area contributed by atoms with Crippen LogP contribution >= 0.6 is 11.3 Å². The molecule has 0 N–H and O–H groups in total. The fourth-order valence-corrected chi connectivity index (χ4v) is 5.28. The monoisotopic (exact) mass is 370 g/mol. The van der Waals surface area contributed by atoms with Crippen LogP contribution in [0, 0.1) is 5.82 Å². The van der Waals surface area contributed by atoms with Crippen molar-refractivity contribution in [3.8, 4) is 10.6 Å². The number of nitrogens with zero attached hydrogens (tertiary/aromatic N) is 2. The quantitative estimate of drug-likeness (QED) is 0.386. The van der Waals surface area contributed by atoms with Crippen molar-refractivity contribution in [1.29, 1.82) is 0 Å². The molecule has 4 aromatic rings. The summed E-state index contributed by atoms with van der Waals surface area (Å²) in [4.78, 5) is 7.43. The summed E-state index contributed by atoms with van der Waals surface area (Å²) in [6.07, 6.45) is 4.58. The third kappa shape index (κ3) is 2.14. The maximum absolute atomic E-state index is 13.3. The second-order valence-electron chi connectivity index (χ2n) is 6.96. The predicted octanol–water partition coefficient (Wildman–Crippen LogP) is 6.27. The van der Waals surface area contributed by atoms with E-state index in [1.807, 2.05) is 0 Å². The summed E-state index contributed by atoms with van der Waals surface area (Å²) in [5.41, 5.74) is 5.93. The maximum Gasteiger partial charge on any atom is 0.124 e. The molecule has 130 valence electrons. The minimum Gasteiger partial charge on any atom is -0.350 e. The van der Waals surface area contributed by atoms with E-state index in [9.17, 15) is 4.39 Å². The smallest absolute Gasteiger partial charge is 0.124 e. The Balaban J connectivity index is 1.51. The van der Waals surface area contributed by atoms with Crippen LogP contribution in [0.3, 0.4) is 0 Å². The molecular weight excluding hydrogens is 355 g/mol. The Hall–Kier alpha value is -2.98. The molecule has 0 saturated heterocycles. The Morgan fingerprint density at radius 1 is 0.852 bits per heavy atom. The predicted molar refractivity (Wildman–Crippen MR) is 109 cm³/mol. The highest BCUT2D eigenvalue weighted by Gasteiger charge is 2.41. The van der Waals surface area contributed by atoms with E-state index in [1.165, 1.54) is 33.6 Å². The standard InChI is InChI=1S/C23H15FN2S/c24-15-8-6-14(7-9-15)23-25-22-20(27-23)13-10-17-18-11-12-19(21(17)22)26(18)16-4-2-1-3-5-16/h1-13,18-19H. The Morgan fingerprint density at radius 2 is 1.63 bits per heavy atom. The zero-order valence-corrected chi connectivity index (χ0v) is 15.2. The van der Waals surface area contributed by atoms with Crippen molar-refractivity contribution >= 4 is 27.2 Å². The number of benzene rings is 3. The molecule has 0 amide bonds. The zero-order chi connectivity index (χ0) is 18.0. The van der Waals surface area contributed by atoms with Crippen LogP contribution in [0.4, 0.5) is 10.1 Å². The number of para-hydroxylation sites is 1. The Morgan fingerprint density at radius 3 is 2.44 bits per heavy atom. The highest BCUT2D eigenvalue weighted by Crippen LogP contribution is 2.53. The fourth-order valence-electron chi connectivity index (χ4n) is 4.29. The molecule has 3 aromatic carbocycles. The molecule has 4 heteroatoms. The SMILES string of the molecule is Fc1ccc(-c2nc3c4c(ccc3s2)C2C=CC4N2c2ccccc2)cc1. The van der Waals surface area contributed by atoms with E-state index in [0.29, 0.717) is 0 Å². The zero-order valence-electron chi connectivity index (χ0n) is 14.3. The molecule has 2 bridgehead atoms. The van der Waals surface area contributed by atoms with Crippen LogP contribution in [0.2, 0.25) is 0 Å². The van der Waals surface area contributed by atoms with Gasteiger partial charge in [-0.25, -0.2) is 9.37 Å². The third-order valence-electron chi connectivity index (χ3n) is 5.47. The molecule has 1 aromatic heterocycles. The molecule has 2 aliphatic heterocycles. The van der Waals surface area contributed by atoms with Crippen molar-refractivity contribution < 1.29 is 4.39 Å². The average molecular weight is 370 g/mol.